The first kappa shape index (κ1) is 28.5. The Hall–Kier alpha value is -3.05. The summed E-state index contributed by atoms with van der Waals surface area (Å²) in [5.74, 6) is 1.39. The van der Waals surface area contributed by atoms with Gasteiger partial charge in [-0.05, 0) is 23.8 Å². The summed E-state index contributed by atoms with van der Waals surface area (Å²) in [5, 5.41) is 10.6. The minimum absolute atomic E-state index is 0.0474. The van der Waals surface area contributed by atoms with Crippen LogP contribution in [-0.2, 0) is 14.3 Å². The molecule has 0 aliphatic carbocycles. The molecule has 0 aliphatic rings. The van der Waals surface area contributed by atoms with Crippen molar-refractivity contribution in [2.45, 2.75) is 30.9 Å². The highest BCUT2D eigenvalue weighted by Crippen LogP contribution is 2.34. The summed E-state index contributed by atoms with van der Waals surface area (Å²) in [6.07, 6.45) is 3.59. The third kappa shape index (κ3) is 9.08. The van der Waals surface area contributed by atoms with Crippen LogP contribution in [0, 0.1) is 11.3 Å². The quantitative estimate of drug-likeness (QED) is 0.0900. The van der Waals surface area contributed by atoms with Crippen molar-refractivity contribution in [1.82, 2.24) is 4.98 Å². The van der Waals surface area contributed by atoms with Gasteiger partial charge in [0.15, 0.2) is 0 Å². The van der Waals surface area contributed by atoms with Gasteiger partial charge >= 0.3 is 5.97 Å². The zero-order chi connectivity index (χ0) is 26.3. The Morgan fingerprint density at radius 1 is 1.14 bits per heavy atom. The summed E-state index contributed by atoms with van der Waals surface area (Å²) >= 11 is 2.99. The lowest BCUT2D eigenvalue weighted by atomic mass is 9.99. The first-order valence-corrected chi connectivity index (χ1v) is 14.4. The Morgan fingerprint density at radius 2 is 1.84 bits per heavy atom. The van der Waals surface area contributed by atoms with Crippen LogP contribution in [0.2, 0.25) is 0 Å². The maximum atomic E-state index is 12.8. The molecule has 7 heteroatoms. The summed E-state index contributed by atoms with van der Waals surface area (Å²) in [6, 6.07) is 23.8. The molecule has 192 valence electrons. The minimum Gasteiger partial charge on any atom is -0.458 e. The van der Waals surface area contributed by atoms with Crippen molar-refractivity contribution in [3.05, 3.63) is 84.9 Å². The average molecular weight is 533 g/mol. The Labute approximate surface area is 228 Å². The Morgan fingerprint density at radius 3 is 2.49 bits per heavy atom. The van der Waals surface area contributed by atoms with Crippen LogP contribution >= 0.6 is 23.5 Å². The van der Waals surface area contributed by atoms with Gasteiger partial charge in [-0.3, -0.25) is 4.79 Å². The molecule has 1 aromatic heterocycles. The second kappa shape index (κ2) is 15.9. The maximum Gasteiger partial charge on any atom is 0.316 e. The predicted molar refractivity (Wildman–Crippen MR) is 154 cm³/mol. The molecule has 5 nitrogen and oxygen atoms in total. The lowest BCUT2D eigenvalue weighted by molar-refractivity contribution is -0.147. The van der Waals surface area contributed by atoms with Gasteiger partial charge in [0.25, 0.3) is 0 Å². The number of pyridine rings is 1. The van der Waals surface area contributed by atoms with E-state index >= 15 is 0 Å². The van der Waals surface area contributed by atoms with Crippen molar-refractivity contribution in [2.24, 2.45) is 0 Å². The van der Waals surface area contributed by atoms with E-state index < -0.39 is 0 Å². The number of esters is 1. The lowest BCUT2D eigenvalue weighted by Crippen LogP contribution is -2.27. The van der Waals surface area contributed by atoms with Crippen LogP contribution in [0.25, 0.3) is 22.4 Å². The highest BCUT2D eigenvalue weighted by molar-refractivity contribution is 8.00. The Bertz CT molecular complexity index is 1180. The van der Waals surface area contributed by atoms with Crippen molar-refractivity contribution in [3.63, 3.8) is 0 Å². The molecule has 1 unspecified atom stereocenters. The highest BCUT2D eigenvalue weighted by atomic mass is 32.2. The largest absolute Gasteiger partial charge is 0.458 e. The molecule has 1 atom stereocenters. The fraction of sp³-hybridized carbons (Fsp3) is 0.300. The fourth-order valence-electron chi connectivity index (χ4n) is 3.54. The number of aromatic nitrogens is 1. The van der Waals surface area contributed by atoms with E-state index in [-0.39, 0.29) is 17.8 Å². The third-order valence-corrected chi connectivity index (χ3v) is 7.50. The number of carbonyl (C=O) groups is 1. The number of hydrogen-bond acceptors (Lipinski definition) is 7. The standard InChI is InChI=1S/C30H32N2O3S2/c1-3-5-17-36-21-25(20-34-16-4-2)35-29(33)22-37-30-27(19-31)26(23-12-8-6-9-13-23)18-28(32-30)24-14-10-7-11-15-24/h4,6-15,18,25H,2-3,5,16-17,20-22H2,1H3. The summed E-state index contributed by atoms with van der Waals surface area (Å²) < 4.78 is 11.3. The molecule has 0 radical (unpaired) electrons. The number of thioether (sulfide) groups is 2. The number of benzene rings is 2. The van der Waals surface area contributed by atoms with E-state index in [0.717, 1.165) is 41.0 Å². The summed E-state index contributed by atoms with van der Waals surface area (Å²) in [7, 11) is 0. The van der Waals surface area contributed by atoms with E-state index in [0.29, 0.717) is 29.6 Å². The second-order valence-corrected chi connectivity index (χ2v) is 10.3. The molecule has 0 saturated carbocycles. The van der Waals surface area contributed by atoms with E-state index in [1.807, 2.05) is 66.7 Å². The lowest BCUT2D eigenvalue weighted by Gasteiger charge is -2.18. The zero-order valence-corrected chi connectivity index (χ0v) is 22.7. The number of rotatable bonds is 15. The van der Waals surface area contributed by atoms with Gasteiger partial charge in [-0.15, -0.1) is 6.58 Å². The smallest absolute Gasteiger partial charge is 0.316 e. The van der Waals surface area contributed by atoms with Gasteiger partial charge in [0.2, 0.25) is 0 Å². The predicted octanol–water partition coefficient (Wildman–Crippen LogP) is 7.03. The van der Waals surface area contributed by atoms with E-state index in [4.69, 9.17) is 14.5 Å². The van der Waals surface area contributed by atoms with Gasteiger partial charge in [0.1, 0.15) is 17.2 Å². The van der Waals surface area contributed by atoms with Crippen molar-refractivity contribution < 1.29 is 14.3 Å². The molecule has 3 aromatic rings. The molecule has 2 aromatic carbocycles. The van der Waals surface area contributed by atoms with Crippen LogP contribution < -0.4 is 0 Å². The monoisotopic (exact) mass is 532 g/mol. The van der Waals surface area contributed by atoms with Crippen LogP contribution in [0.5, 0.6) is 0 Å². The summed E-state index contributed by atoms with van der Waals surface area (Å²) in [4.78, 5) is 17.6. The van der Waals surface area contributed by atoms with Crippen LogP contribution in [-0.4, -0.2) is 47.5 Å². The molecule has 0 amide bonds. The SMILES string of the molecule is C=CCOCC(CSCCCC)OC(=O)CSc1nc(-c2ccccc2)cc(-c2ccccc2)c1C#N. The molecule has 0 aliphatic heterocycles. The fourth-order valence-corrected chi connectivity index (χ4v) is 5.42. The number of hydrogen-bond donors (Lipinski definition) is 0. The van der Waals surface area contributed by atoms with Crippen molar-refractivity contribution in [1.29, 1.82) is 5.26 Å². The van der Waals surface area contributed by atoms with Crippen LogP contribution in [0.15, 0.2) is 84.4 Å². The number of carbonyl (C=O) groups excluding carboxylic acids is 1. The van der Waals surface area contributed by atoms with Gasteiger partial charge in [-0.2, -0.15) is 17.0 Å². The van der Waals surface area contributed by atoms with Gasteiger partial charge in [0, 0.05) is 16.9 Å². The molecule has 0 N–H and O–H groups in total. The molecular weight excluding hydrogens is 500 g/mol. The number of nitrogens with zero attached hydrogens (tertiary/aromatic N) is 2. The van der Waals surface area contributed by atoms with Crippen molar-refractivity contribution in [3.8, 4) is 28.5 Å². The minimum atomic E-state index is -0.356. The molecule has 1 heterocycles. The number of ether oxygens (including phenoxy) is 2. The molecule has 3 rings (SSSR count). The van der Waals surface area contributed by atoms with E-state index in [2.05, 4.69) is 19.6 Å². The maximum absolute atomic E-state index is 12.8. The van der Waals surface area contributed by atoms with E-state index in [9.17, 15) is 10.1 Å². The molecule has 0 spiro atoms. The number of nitriles is 1. The van der Waals surface area contributed by atoms with E-state index in [1.165, 1.54) is 11.8 Å². The Balaban J connectivity index is 1.79. The molecule has 0 saturated heterocycles. The van der Waals surface area contributed by atoms with Gasteiger partial charge in [-0.1, -0.05) is 91.8 Å². The molecule has 0 fully saturated rings. The first-order valence-electron chi connectivity index (χ1n) is 12.3. The van der Waals surface area contributed by atoms with Gasteiger partial charge in [0.05, 0.1) is 30.2 Å². The van der Waals surface area contributed by atoms with Crippen molar-refractivity contribution >= 4 is 29.5 Å². The zero-order valence-electron chi connectivity index (χ0n) is 21.1. The first-order chi connectivity index (χ1) is 18.2. The summed E-state index contributed by atoms with van der Waals surface area (Å²) in [5.41, 5.74) is 3.85. The molecular formula is C30H32N2O3S2. The average Bonchev–Trinajstić information content (AvgIpc) is 2.94. The Kier molecular flexibility index (Phi) is 12.3. The van der Waals surface area contributed by atoms with E-state index in [1.54, 1.807) is 17.8 Å². The third-order valence-electron chi connectivity index (χ3n) is 5.36. The van der Waals surface area contributed by atoms with Crippen LogP contribution in [0.1, 0.15) is 25.3 Å². The molecule has 0 bridgehead atoms. The summed E-state index contributed by atoms with van der Waals surface area (Å²) in [6.45, 7) is 6.56. The highest BCUT2D eigenvalue weighted by Gasteiger charge is 2.19. The topological polar surface area (TPSA) is 72.2 Å². The van der Waals surface area contributed by atoms with Gasteiger partial charge in [-0.25, -0.2) is 4.98 Å². The van der Waals surface area contributed by atoms with Gasteiger partial charge < -0.3 is 9.47 Å². The van der Waals surface area contributed by atoms with Crippen LogP contribution in [0.3, 0.4) is 0 Å². The second-order valence-electron chi connectivity index (χ2n) is 8.23. The molecule has 37 heavy (non-hydrogen) atoms. The van der Waals surface area contributed by atoms with Crippen molar-refractivity contribution in [2.75, 3.05) is 30.5 Å². The van der Waals surface area contributed by atoms with Crippen LogP contribution in [0.4, 0.5) is 0 Å². The number of unbranched alkanes of at least 4 members (excludes halogenated alkanes) is 1. The normalized spacial score (nSPS) is 11.5.